The van der Waals surface area contributed by atoms with Crippen molar-refractivity contribution in [2.24, 2.45) is 0 Å². The van der Waals surface area contributed by atoms with E-state index in [-0.39, 0.29) is 36.8 Å². The Hall–Kier alpha value is -4.78. The van der Waals surface area contributed by atoms with Crippen LogP contribution in [0.1, 0.15) is 5.56 Å². The normalized spacial score (nSPS) is 9.77. The Morgan fingerprint density at radius 1 is 0.558 bits per heavy atom. The first-order chi connectivity index (χ1) is 20.5. The van der Waals surface area contributed by atoms with Gasteiger partial charge in [0, 0.05) is 41.6 Å². The van der Waals surface area contributed by atoms with Crippen molar-refractivity contribution in [1.29, 1.82) is 0 Å². The summed E-state index contributed by atoms with van der Waals surface area (Å²) in [6.45, 7) is 5.22. The van der Waals surface area contributed by atoms with E-state index < -0.39 is 23.3 Å². The van der Waals surface area contributed by atoms with Crippen LogP contribution in [-0.2, 0) is 20.1 Å². The molecule has 0 bridgehead atoms. The van der Waals surface area contributed by atoms with Crippen LogP contribution in [0.15, 0.2) is 122 Å². The molecule has 6 aromatic rings. The summed E-state index contributed by atoms with van der Waals surface area (Å²) in [6.07, 6.45) is 6.23. The van der Waals surface area contributed by atoms with Gasteiger partial charge in [-0.25, -0.2) is 6.08 Å². The second-order valence-electron chi connectivity index (χ2n) is 8.48. The summed E-state index contributed by atoms with van der Waals surface area (Å²) < 4.78 is 53.6. The molecule has 0 saturated carbocycles. The molecular formula is C35H22F4IrN3. The first-order valence-electron chi connectivity index (χ1n) is 12.6. The second-order valence-corrected chi connectivity index (χ2v) is 8.48. The van der Waals surface area contributed by atoms with E-state index in [1.807, 2.05) is 30.3 Å². The SMILES string of the molecule is Fc1c[c-]c(-c2ccccn2)c(F)c1.Fc1cc(F)c(-c2ccccn2)[c-]c1-c1ccccn1.[CH-]=Cc1ccccc1.[Ir+3]. The van der Waals surface area contributed by atoms with Gasteiger partial charge in [-0.3, -0.25) is 34.1 Å². The molecule has 0 radical (unpaired) electrons. The average Bonchev–Trinajstić information content (AvgIpc) is 3.03. The predicted molar refractivity (Wildman–Crippen MR) is 155 cm³/mol. The van der Waals surface area contributed by atoms with Gasteiger partial charge < -0.3 is 4.98 Å². The van der Waals surface area contributed by atoms with Crippen molar-refractivity contribution in [2.75, 3.05) is 0 Å². The minimum atomic E-state index is -0.694. The van der Waals surface area contributed by atoms with Crippen molar-refractivity contribution >= 4 is 6.08 Å². The van der Waals surface area contributed by atoms with Crippen LogP contribution >= 0.6 is 0 Å². The van der Waals surface area contributed by atoms with E-state index in [9.17, 15) is 17.6 Å². The van der Waals surface area contributed by atoms with E-state index in [1.165, 1.54) is 0 Å². The molecule has 3 aromatic carbocycles. The Morgan fingerprint density at radius 3 is 1.40 bits per heavy atom. The van der Waals surface area contributed by atoms with Crippen LogP contribution in [0.2, 0.25) is 0 Å². The van der Waals surface area contributed by atoms with Crippen molar-refractivity contribution in [3.05, 3.63) is 169 Å². The van der Waals surface area contributed by atoms with Crippen LogP contribution in [-0.4, -0.2) is 15.0 Å². The molecule has 3 aromatic heterocycles. The summed E-state index contributed by atoms with van der Waals surface area (Å²) in [6, 6.07) is 33.1. The van der Waals surface area contributed by atoms with Gasteiger partial charge >= 0.3 is 20.1 Å². The number of aromatic nitrogens is 3. The minimum Gasteiger partial charge on any atom is -0.305 e. The Balaban J connectivity index is 0.000000192. The van der Waals surface area contributed by atoms with Gasteiger partial charge in [0.05, 0.1) is 11.6 Å². The van der Waals surface area contributed by atoms with E-state index in [2.05, 4.69) is 27.1 Å². The molecule has 0 fully saturated rings. The fourth-order valence-corrected chi connectivity index (χ4v) is 3.61. The molecule has 6 rings (SSSR count). The van der Waals surface area contributed by atoms with Crippen molar-refractivity contribution in [1.82, 2.24) is 15.0 Å². The van der Waals surface area contributed by atoms with Gasteiger partial charge in [0.1, 0.15) is 0 Å². The maximum absolute atomic E-state index is 13.9. The maximum atomic E-state index is 13.9. The van der Waals surface area contributed by atoms with Crippen LogP contribution in [0, 0.1) is 42.0 Å². The molecule has 0 atom stereocenters. The molecule has 0 unspecified atom stereocenters. The number of benzene rings is 3. The van der Waals surface area contributed by atoms with E-state index in [1.54, 1.807) is 79.3 Å². The van der Waals surface area contributed by atoms with Crippen molar-refractivity contribution in [2.45, 2.75) is 0 Å². The number of hydrogen-bond acceptors (Lipinski definition) is 3. The minimum absolute atomic E-state index is 0. The van der Waals surface area contributed by atoms with Crippen LogP contribution in [0.4, 0.5) is 17.6 Å². The largest absolute Gasteiger partial charge is 3.00 e. The molecule has 8 heteroatoms. The van der Waals surface area contributed by atoms with Crippen LogP contribution < -0.4 is 0 Å². The predicted octanol–water partition coefficient (Wildman–Crippen LogP) is 8.85. The van der Waals surface area contributed by atoms with Gasteiger partial charge in [-0.1, -0.05) is 83.4 Å². The summed E-state index contributed by atoms with van der Waals surface area (Å²) in [5.74, 6) is -2.67. The van der Waals surface area contributed by atoms with Gasteiger partial charge in [-0.2, -0.15) is 5.56 Å². The smallest absolute Gasteiger partial charge is 0.305 e. The Bertz CT molecular complexity index is 1660. The third-order valence-electron chi connectivity index (χ3n) is 5.59. The topological polar surface area (TPSA) is 38.7 Å². The van der Waals surface area contributed by atoms with Gasteiger partial charge in [-0.05, 0) is 23.9 Å². The molecule has 0 amide bonds. The summed E-state index contributed by atoms with van der Waals surface area (Å²) >= 11 is 0. The van der Waals surface area contributed by atoms with E-state index in [0.29, 0.717) is 17.1 Å². The molecule has 0 aliphatic heterocycles. The summed E-state index contributed by atoms with van der Waals surface area (Å²) in [4.78, 5) is 12.1. The fraction of sp³-hybridized carbons (Fsp3) is 0. The summed E-state index contributed by atoms with van der Waals surface area (Å²) in [5.41, 5.74) is 2.77. The second kappa shape index (κ2) is 16.6. The molecule has 0 N–H and O–H groups in total. The molecule has 0 aliphatic rings. The van der Waals surface area contributed by atoms with E-state index >= 15 is 0 Å². The third-order valence-corrected chi connectivity index (χ3v) is 5.59. The molecule has 3 heterocycles. The number of hydrogen-bond donors (Lipinski definition) is 0. The number of rotatable bonds is 4. The molecular weight excluding hydrogens is 731 g/mol. The summed E-state index contributed by atoms with van der Waals surface area (Å²) in [7, 11) is 0. The van der Waals surface area contributed by atoms with Gasteiger partial charge in [0.15, 0.2) is 0 Å². The van der Waals surface area contributed by atoms with Crippen LogP contribution in [0.3, 0.4) is 0 Å². The number of halogens is 4. The van der Waals surface area contributed by atoms with Crippen molar-refractivity contribution < 1.29 is 37.7 Å². The first-order valence-corrected chi connectivity index (χ1v) is 12.6. The zero-order valence-electron chi connectivity index (χ0n) is 22.4. The molecule has 3 nitrogen and oxygen atoms in total. The fourth-order valence-electron chi connectivity index (χ4n) is 3.61. The number of nitrogens with zero attached hydrogens (tertiary/aromatic N) is 3. The van der Waals surface area contributed by atoms with Gasteiger partial charge in [0.25, 0.3) is 0 Å². The van der Waals surface area contributed by atoms with Crippen molar-refractivity contribution in [3.8, 4) is 33.8 Å². The van der Waals surface area contributed by atoms with Crippen LogP contribution in [0.25, 0.3) is 39.8 Å². The molecule has 0 aliphatic carbocycles. The number of pyridine rings is 3. The Labute approximate surface area is 261 Å². The first kappa shape index (κ1) is 32.7. The molecule has 214 valence electrons. The van der Waals surface area contributed by atoms with Crippen LogP contribution in [0.5, 0.6) is 0 Å². The standard InChI is InChI=1S/C16H9F2N2.C11H6F2N.C8H7.Ir/c17-13-10-14(18)12(16-6-2-4-8-20-16)9-11(13)15-5-1-3-7-19-15;12-8-4-5-9(10(13)7-8)11-3-1-2-6-14-11;1-2-8-6-4-3-5-7-8;/h1-8,10H;1-4,6-7H;1-7H;/q3*-1;+3. The zero-order chi connectivity index (χ0) is 29.7. The Kier molecular flexibility index (Phi) is 12.6. The average molecular weight is 753 g/mol. The van der Waals surface area contributed by atoms with Crippen molar-refractivity contribution in [3.63, 3.8) is 0 Å². The van der Waals surface area contributed by atoms with Gasteiger partial charge in [0.2, 0.25) is 0 Å². The third kappa shape index (κ3) is 9.36. The molecule has 0 spiro atoms. The zero-order valence-corrected chi connectivity index (χ0v) is 24.8. The molecule has 43 heavy (non-hydrogen) atoms. The summed E-state index contributed by atoms with van der Waals surface area (Å²) in [5, 5.41) is 0. The maximum Gasteiger partial charge on any atom is 3.00 e. The quantitative estimate of drug-likeness (QED) is 0.134. The van der Waals surface area contributed by atoms with E-state index in [4.69, 9.17) is 6.58 Å². The van der Waals surface area contributed by atoms with Gasteiger partial charge in [-0.15, -0.1) is 30.3 Å². The van der Waals surface area contributed by atoms with E-state index in [0.717, 1.165) is 23.8 Å². The Morgan fingerprint density at radius 2 is 1.00 bits per heavy atom. The monoisotopic (exact) mass is 753 g/mol. The molecule has 0 saturated heterocycles.